The maximum atomic E-state index is 12.9. The van der Waals surface area contributed by atoms with Crippen molar-refractivity contribution >= 4 is 17.5 Å². The fraction of sp³-hybridized carbons (Fsp3) is 0.708. The van der Waals surface area contributed by atoms with Crippen LogP contribution in [-0.4, -0.2) is 89.5 Å². The molecular weight excluding hydrogens is 392 g/mol. The molecule has 0 unspecified atom stereocenters. The van der Waals surface area contributed by atoms with Gasteiger partial charge >= 0.3 is 0 Å². The zero-order valence-electron chi connectivity index (χ0n) is 19.8. The van der Waals surface area contributed by atoms with Gasteiger partial charge < -0.3 is 9.88 Å². The summed E-state index contributed by atoms with van der Waals surface area (Å²) < 4.78 is 0. The number of ketones is 2. The molecule has 3 heterocycles. The van der Waals surface area contributed by atoms with E-state index in [4.69, 9.17) is 0 Å². The largest absolute Gasteiger partial charge is 0.355 e. The van der Waals surface area contributed by atoms with E-state index in [1.165, 1.54) is 6.42 Å². The predicted molar refractivity (Wildman–Crippen MR) is 122 cm³/mol. The Balaban J connectivity index is 1.51. The van der Waals surface area contributed by atoms with Crippen LogP contribution in [0.1, 0.15) is 66.2 Å². The summed E-state index contributed by atoms with van der Waals surface area (Å²) in [6, 6.07) is 0. The van der Waals surface area contributed by atoms with Crippen molar-refractivity contribution in [1.29, 1.82) is 0 Å². The molecule has 0 radical (unpaired) electrons. The number of amides is 1. The van der Waals surface area contributed by atoms with Gasteiger partial charge in [0, 0.05) is 50.5 Å². The van der Waals surface area contributed by atoms with Crippen molar-refractivity contribution in [2.24, 2.45) is 11.8 Å². The zero-order chi connectivity index (χ0) is 22.7. The van der Waals surface area contributed by atoms with Crippen molar-refractivity contribution in [1.82, 2.24) is 19.7 Å². The number of piperidine rings is 1. The van der Waals surface area contributed by atoms with Crippen molar-refractivity contribution in [2.45, 2.75) is 47.5 Å². The van der Waals surface area contributed by atoms with Crippen LogP contribution in [0.4, 0.5) is 0 Å². The predicted octanol–water partition coefficient (Wildman–Crippen LogP) is 2.39. The number of aromatic amines is 1. The molecule has 7 heteroatoms. The minimum Gasteiger partial charge on any atom is -0.355 e. The normalized spacial score (nSPS) is 23.2. The third kappa shape index (κ3) is 5.63. The maximum Gasteiger partial charge on any atom is 0.236 e. The van der Waals surface area contributed by atoms with E-state index >= 15 is 0 Å². The molecule has 0 bridgehead atoms. The summed E-state index contributed by atoms with van der Waals surface area (Å²) in [6.07, 6.45) is 1.86. The van der Waals surface area contributed by atoms with Gasteiger partial charge in [-0.3, -0.25) is 24.2 Å². The first-order chi connectivity index (χ1) is 14.7. The van der Waals surface area contributed by atoms with Gasteiger partial charge in [0.1, 0.15) is 0 Å². The molecule has 0 aliphatic carbocycles. The summed E-state index contributed by atoms with van der Waals surface area (Å²) in [5.41, 5.74) is 2.85. The van der Waals surface area contributed by atoms with Crippen LogP contribution in [0.3, 0.4) is 0 Å². The van der Waals surface area contributed by atoms with E-state index in [0.717, 1.165) is 50.5 Å². The molecule has 7 nitrogen and oxygen atoms in total. The van der Waals surface area contributed by atoms with E-state index < -0.39 is 0 Å². The fourth-order valence-corrected chi connectivity index (χ4v) is 5.29. The van der Waals surface area contributed by atoms with Crippen LogP contribution in [0, 0.1) is 18.8 Å². The Bertz CT molecular complexity index is 813. The number of likely N-dealkylation sites (tertiary alicyclic amines) is 1. The summed E-state index contributed by atoms with van der Waals surface area (Å²) in [7, 11) is 0. The number of hydrogen-bond donors (Lipinski definition) is 1. The van der Waals surface area contributed by atoms with Gasteiger partial charge in [0.2, 0.25) is 5.91 Å². The molecular formula is C24H38N4O3. The second-order valence-electron chi connectivity index (χ2n) is 9.61. The third-order valence-corrected chi connectivity index (χ3v) is 6.69. The molecule has 1 amide bonds. The molecule has 2 aliphatic heterocycles. The van der Waals surface area contributed by atoms with Crippen molar-refractivity contribution in [3.05, 3.63) is 22.5 Å². The zero-order valence-corrected chi connectivity index (χ0v) is 19.8. The second-order valence-corrected chi connectivity index (χ2v) is 9.61. The number of hydrogen-bond acceptors (Lipinski definition) is 5. The Hall–Kier alpha value is -1.99. The second kappa shape index (κ2) is 10.1. The lowest BCUT2D eigenvalue weighted by atomic mass is 9.92. The average molecular weight is 431 g/mol. The quantitative estimate of drug-likeness (QED) is 0.672. The van der Waals surface area contributed by atoms with Crippen molar-refractivity contribution in [3.63, 3.8) is 0 Å². The van der Waals surface area contributed by atoms with E-state index in [1.54, 1.807) is 6.92 Å². The summed E-state index contributed by atoms with van der Waals surface area (Å²) in [6.45, 7) is 15.5. The highest BCUT2D eigenvalue weighted by Gasteiger charge is 2.28. The van der Waals surface area contributed by atoms with Crippen LogP contribution in [0.25, 0.3) is 0 Å². The number of rotatable bonds is 7. The number of carbonyl (C=O) groups excluding carboxylic acids is 3. The summed E-state index contributed by atoms with van der Waals surface area (Å²) in [5, 5.41) is 0. The molecule has 2 aliphatic rings. The van der Waals surface area contributed by atoms with Crippen LogP contribution >= 0.6 is 0 Å². The molecule has 1 N–H and O–H groups in total. The van der Waals surface area contributed by atoms with Crippen molar-refractivity contribution in [2.75, 3.05) is 52.4 Å². The fourth-order valence-electron chi connectivity index (χ4n) is 5.29. The first-order valence-electron chi connectivity index (χ1n) is 11.7. The Labute approximate surface area is 186 Å². The average Bonchev–Trinajstić information content (AvgIpc) is 3.05. The Kier molecular flexibility index (Phi) is 7.70. The molecule has 0 spiro atoms. The smallest absolute Gasteiger partial charge is 0.236 e. The van der Waals surface area contributed by atoms with Gasteiger partial charge in [0.25, 0.3) is 0 Å². The van der Waals surface area contributed by atoms with E-state index in [9.17, 15) is 14.4 Å². The number of nitrogens with zero attached hydrogens (tertiary/aromatic N) is 3. The van der Waals surface area contributed by atoms with Gasteiger partial charge in [0.05, 0.1) is 18.8 Å². The van der Waals surface area contributed by atoms with Gasteiger partial charge in [-0.2, -0.15) is 0 Å². The minimum atomic E-state index is 0.000393. The highest BCUT2D eigenvalue weighted by Crippen LogP contribution is 2.22. The standard InChI is InChI=1S/C24H38N4O3/c1-6-20-23(19(5)29)18(4)25-24(20)21(30)14-26-7-9-27(10-8-26)15-22(31)28-12-16(2)11-17(3)13-28/h16-17,25H,6-15H2,1-5H3/t16-,17+. The molecule has 172 valence electrons. The van der Waals surface area contributed by atoms with Crippen molar-refractivity contribution < 1.29 is 14.4 Å². The SMILES string of the molecule is CCc1c(C(=O)CN2CCN(CC(=O)N3C[C@H](C)C[C@H](C)C3)CC2)[nH]c(C)c1C(C)=O. The van der Waals surface area contributed by atoms with Gasteiger partial charge in [-0.1, -0.05) is 20.8 Å². The van der Waals surface area contributed by atoms with Crippen LogP contribution in [0.5, 0.6) is 0 Å². The molecule has 1 aromatic rings. The lowest BCUT2D eigenvalue weighted by Gasteiger charge is -2.38. The first kappa shape index (κ1) is 23.7. The number of H-pyrrole nitrogens is 1. The van der Waals surface area contributed by atoms with Crippen LogP contribution < -0.4 is 0 Å². The lowest BCUT2D eigenvalue weighted by Crippen LogP contribution is -2.52. The van der Waals surface area contributed by atoms with Crippen molar-refractivity contribution in [3.8, 4) is 0 Å². The number of aryl methyl sites for hydroxylation is 1. The molecule has 2 fully saturated rings. The maximum absolute atomic E-state index is 12.9. The Morgan fingerprint density at radius 3 is 2.03 bits per heavy atom. The number of carbonyl (C=O) groups is 3. The van der Waals surface area contributed by atoms with Gasteiger partial charge in [0.15, 0.2) is 11.6 Å². The molecule has 0 saturated carbocycles. The molecule has 1 aromatic heterocycles. The monoisotopic (exact) mass is 430 g/mol. The summed E-state index contributed by atoms with van der Waals surface area (Å²) in [4.78, 5) is 47.2. The molecule has 3 rings (SSSR count). The number of Topliss-reactive ketones (excluding diaryl/α,β-unsaturated/α-hetero) is 2. The number of nitrogens with one attached hydrogen (secondary N) is 1. The van der Waals surface area contributed by atoms with E-state index in [0.29, 0.717) is 42.6 Å². The third-order valence-electron chi connectivity index (χ3n) is 6.69. The molecule has 0 aromatic carbocycles. The van der Waals surface area contributed by atoms with E-state index in [2.05, 4.69) is 28.6 Å². The van der Waals surface area contributed by atoms with Gasteiger partial charge in [-0.05, 0) is 44.1 Å². The van der Waals surface area contributed by atoms with Gasteiger partial charge in [-0.15, -0.1) is 0 Å². The minimum absolute atomic E-state index is 0.000393. The van der Waals surface area contributed by atoms with Crippen LogP contribution in [0.15, 0.2) is 0 Å². The lowest BCUT2D eigenvalue weighted by molar-refractivity contribution is -0.135. The van der Waals surface area contributed by atoms with Crippen LogP contribution in [0.2, 0.25) is 0 Å². The first-order valence-corrected chi connectivity index (χ1v) is 11.7. The topological polar surface area (TPSA) is 76.7 Å². The Morgan fingerprint density at radius 1 is 0.968 bits per heavy atom. The van der Waals surface area contributed by atoms with Crippen LogP contribution in [-0.2, 0) is 11.2 Å². The Morgan fingerprint density at radius 2 is 1.52 bits per heavy atom. The summed E-state index contributed by atoms with van der Waals surface area (Å²) in [5.74, 6) is 1.41. The highest BCUT2D eigenvalue weighted by atomic mass is 16.2. The van der Waals surface area contributed by atoms with E-state index in [1.807, 2.05) is 18.7 Å². The number of piperazine rings is 1. The van der Waals surface area contributed by atoms with E-state index in [-0.39, 0.29) is 17.5 Å². The molecule has 2 atom stereocenters. The molecule has 2 saturated heterocycles. The molecule has 31 heavy (non-hydrogen) atoms. The number of aromatic nitrogens is 1. The van der Waals surface area contributed by atoms with Gasteiger partial charge in [-0.25, -0.2) is 0 Å². The highest BCUT2D eigenvalue weighted by molar-refractivity contribution is 6.04. The summed E-state index contributed by atoms with van der Waals surface area (Å²) >= 11 is 0.